The van der Waals surface area contributed by atoms with Crippen molar-refractivity contribution in [2.75, 3.05) is 26.7 Å². The Balaban J connectivity index is 1.22. The van der Waals surface area contributed by atoms with E-state index >= 15 is 0 Å². The molecule has 1 unspecified atom stereocenters. The van der Waals surface area contributed by atoms with Crippen LogP contribution in [0.2, 0.25) is 0 Å². The van der Waals surface area contributed by atoms with Crippen molar-refractivity contribution in [3.8, 4) is 11.1 Å². The van der Waals surface area contributed by atoms with Crippen LogP contribution in [-0.2, 0) is 39.4 Å². The van der Waals surface area contributed by atoms with Gasteiger partial charge in [0.1, 0.15) is 30.5 Å². The molecule has 2 aromatic carbocycles. The molecule has 2 saturated heterocycles. The van der Waals surface area contributed by atoms with E-state index in [1.165, 1.54) is 28.9 Å². The van der Waals surface area contributed by atoms with Crippen molar-refractivity contribution in [2.45, 2.75) is 43.4 Å². The Kier molecular flexibility index (Phi) is 7.40. The predicted octanol–water partition coefficient (Wildman–Crippen LogP) is 1.76. The first kappa shape index (κ1) is 29.4. The molecule has 0 bridgehead atoms. The van der Waals surface area contributed by atoms with Gasteiger partial charge in [-0.1, -0.05) is 30.3 Å². The van der Waals surface area contributed by atoms with Crippen molar-refractivity contribution in [1.29, 1.82) is 0 Å². The highest BCUT2D eigenvalue weighted by Gasteiger charge is 2.56. The van der Waals surface area contributed by atoms with E-state index in [4.69, 9.17) is 0 Å². The molecule has 6 rings (SSSR count). The largest absolute Gasteiger partial charge is 0.358 e. The molecule has 44 heavy (non-hydrogen) atoms. The second-order valence-corrected chi connectivity index (χ2v) is 11.3. The van der Waals surface area contributed by atoms with Crippen LogP contribution in [0, 0.1) is 5.82 Å². The van der Waals surface area contributed by atoms with Gasteiger partial charge < -0.3 is 20.9 Å². The molecule has 1 spiro atoms. The van der Waals surface area contributed by atoms with Gasteiger partial charge in [-0.2, -0.15) is 5.10 Å². The number of nitrogens with zero attached hydrogens (tertiary/aromatic N) is 4. The van der Waals surface area contributed by atoms with E-state index in [-0.39, 0.29) is 32.0 Å². The first-order chi connectivity index (χ1) is 21.0. The summed E-state index contributed by atoms with van der Waals surface area (Å²) in [4.78, 5) is 53.9. The summed E-state index contributed by atoms with van der Waals surface area (Å²) in [7, 11) is 1.54. The number of hydrogen-bond acceptors (Lipinski definition) is 6. The molecule has 0 radical (unpaired) electrons. The molecule has 3 aliphatic rings. The number of hydrogen-bond donors (Lipinski definition) is 3. The molecule has 14 heteroatoms. The standard InChI is InChI=1S/C30H30F3N7O4/c1-34-25(41)15-38-14-21(11-36-38)19-4-7-23-20(10-19)8-9-29(23)27(43)40(28(44)37-29)16-26(42)39(24-12-35-17-30(24,32)33)13-18-2-5-22(31)6-3-18/h2-7,10-11,14,24,35H,8-9,12-13,15-17H2,1H3,(H,34,41)(H,37,44)/t24?,29-/m0/s1. The molecule has 3 N–H and O–H groups in total. The average Bonchev–Trinajstić information content (AvgIpc) is 3.76. The quantitative estimate of drug-likeness (QED) is 0.334. The van der Waals surface area contributed by atoms with Gasteiger partial charge in [0.25, 0.3) is 11.8 Å². The summed E-state index contributed by atoms with van der Waals surface area (Å²) in [5.41, 5.74) is 2.06. The number of aryl methyl sites for hydroxylation is 1. The van der Waals surface area contributed by atoms with Crippen molar-refractivity contribution >= 4 is 23.8 Å². The van der Waals surface area contributed by atoms with E-state index in [0.717, 1.165) is 26.5 Å². The summed E-state index contributed by atoms with van der Waals surface area (Å²) < 4.78 is 44.5. The predicted molar refractivity (Wildman–Crippen MR) is 151 cm³/mol. The van der Waals surface area contributed by atoms with Gasteiger partial charge in [-0.05, 0) is 47.2 Å². The zero-order valence-corrected chi connectivity index (χ0v) is 23.8. The molecule has 2 atom stereocenters. The summed E-state index contributed by atoms with van der Waals surface area (Å²) in [6, 6.07) is 8.29. The Morgan fingerprint density at radius 1 is 1.11 bits per heavy atom. The molecule has 5 amide bonds. The highest BCUT2D eigenvalue weighted by molar-refractivity contribution is 6.10. The molecule has 0 saturated carbocycles. The fourth-order valence-corrected chi connectivity index (χ4v) is 6.17. The number of imide groups is 1. The van der Waals surface area contributed by atoms with E-state index in [0.29, 0.717) is 17.5 Å². The zero-order valence-electron chi connectivity index (χ0n) is 23.8. The van der Waals surface area contributed by atoms with Crippen molar-refractivity contribution < 1.29 is 32.3 Å². The maximum absolute atomic E-state index is 14.8. The van der Waals surface area contributed by atoms with Gasteiger partial charge in [0.15, 0.2) is 0 Å². The lowest BCUT2D eigenvalue weighted by molar-refractivity contribution is -0.146. The lowest BCUT2D eigenvalue weighted by Crippen LogP contribution is -2.53. The number of halogens is 3. The van der Waals surface area contributed by atoms with Crippen LogP contribution in [0.25, 0.3) is 11.1 Å². The van der Waals surface area contributed by atoms with Crippen LogP contribution in [0.5, 0.6) is 0 Å². The van der Waals surface area contributed by atoms with E-state index < -0.39 is 54.3 Å². The fourth-order valence-electron chi connectivity index (χ4n) is 6.17. The van der Waals surface area contributed by atoms with Crippen molar-refractivity contribution in [3.05, 3.63) is 77.4 Å². The topological polar surface area (TPSA) is 129 Å². The molecule has 11 nitrogen and oxygen atoms in total. The third-order valence-electron chi connectivity index (χ3n) is 8.50. The second-order valence-electron chi connectivity index (χ2n) is 11.3. The van der Waals surface area contributed by atoms with Crippen molar-refractivity contribution in [1.82, 2.24) is 35.5 Å². The summed E-state index contributed by atoms with van der Waals surface area (Å²) >= 11 is 0. The van der Waals surface area contributed by atoms with Gasteiger partial charge in [0.05, 0.1) is 12.7 Å². The number of nitrogens with one attached hydrogen (secondary N) is 3. The normalized spacial score (nSPS) is 21.9. The molecule has 1 aromatic heterocycles. The van der Waals surface area contributed by atoms with E-state index in [9.17, 15) is 32.3 Å². The lowest BCUT2D eigenvalue weighted by atomic mass is 9.90. The minimum Gasteiger partial charge on any atom is -0.358 e. The number of alkyl halides is 2. The molecular weight excluding hydrogens is 579 g/mol. The van der Waals surface area contributed by atoms with Crippen LogP contribution >= 0.6 is 0 Å². The molecule has 1 aliphatic carbocycles. The van der Waals surface area contributed by atoms with Crippen LogP contribution in [0.3, 0.4) is 0 Å². The summed E-state index contributed by atoms with van der Waals surface area (Å²) in [6.07, 6.45) is 4.10. The van der Waals surface area contributed by atoms with Crippen LogP contribution < -0.4 is 16.0 Å². The van der Waals surface area contributed by atoms with Crippen molar-refractivity contribution in [3.63, 3.8) is 0 Å². The van der Waals surface area contributed by atoms with Gasteiger partial charge in [0, 0.05) is 31.9 Å². The maximum atomic E-state index is 14.8. The summed E-state index contributed by atoms with van der Waals surface area (Å²) in [6.45, 7) is -1.70. The molecule has 2 fully saturated rings. The van der Waals surface area contributed by atoms with Gasteiger partial charge in [0.2, 0.25) is 11.8 Å². The third-order valence-corrected chi connectivity index (χ3v) is 8.50. The van der Waals surface area contributed by atoms with Crippen LogP contribution in [-0.4, -0.2) is 82.0 Å². The highest BCUT2D eigenvalue weighted by atomic mass is 19.3. The number of carbonyl (C=O) groups excluding carboxylic acids is 4. The second kappa shape index (κ2) is 11.1. The number of benzene rings is 2. The van der Waals surface area contributed by atoms with Gasteiger partial charge in [-0.3, -0.25) is 24.0 Å². The molecule has 3 heterocycles. The summed E-state index contributed by atoms with van der Waals surface area (Å²) in [5, 5.41) is 12.1. The van der Waals surface area contributed by atoms with Gasteiger partial charge in [-0.25, -0.2) is 18.0 Å². The Morgan fingerprint density at radius 3 is 2.59 bits per heavy atom. The van der Waals surface area contributed by atoms with Crippen molar-refractivity contribution in [2.24, 2.45) is 0 Å². The number of likely N-dealkylation sites (N-methyl/N-ethyl adjacent to an activating group) is 1. The van der Waals surface area contributed by atoms with E-state index in [1.54, 1.807) is 31.6 Å². The molecule has 3 aromatic rings. The first-order valence-corrected chi connectivity index (χ1v) is 14.1. The molecule has 2 aliphatic heterocycles. The third kappa shape index (κ3) is 5.19. The van der Waals surface area contributed by atoms with Gasteiger partial charge >= 0.3 is 6.03 Å². The summed E-state index contributed by atoms with van der Waals surface area (Å²) in [5.74, 6) is -5.40. The van der Waals surface area contributed by atoms with E-state index in [1.807, 2.05) is 6.07 Å². The minimum atomic E-state index is -3.24. The lowest BCUT2D eigenvalue weighted by Gasteiger charge is -2.33. The molecule has 230 valence electrons. The Bertz CT molecular complexity index is 1640. The SMILES string of the molecule is CNC(=O)Cn1cc(-c2ccc3c(c2)CC[C@]32NC(=O)N(CC(=O)N(Cc3ccc(F)cc3)C3CNCC3(F)F)C2=O)cn1. The van der Waals surface area contributed by atoms with E-state index in [2.05, 4.69) is 21.0 Å². The Hall–Kier alpha value is -4.72. The first-order valence-electron chi connectivity index (χ1n) is 14.1. The maximum Gasteiger partial charge on any atom is 0.325 e. The number of fused-ring (bicyclic) bond motifs is 2. The smallest absolute Gasteiger partial charge is 0.325 e. The Morgan fingerprint density at radius 2 is 1.89 bits per heavy atom. The highest BCUT2D eigenvalue weighted by Crippen LogP contribution is 2.43. The fraction of sp³-hybridized carbons (Fsp3) is 0.367. The number of carbonyl (C=O) groups is 4. The minimum absolute atomic E-state index is 0.0653. The Labute approximate surface area is 250 Å². The van der Waals surface area contributed by atoms with Gasteiger partial charge in [-0.15, -0.1) is 0 Å². The number of amides is 5. The number of rotatable bonds is 8. The monoisotopic (exact) mass is 609 g/mol. The molecular formula is C30H30F3N7O4. The average molecular weight is 610 g/mol. The number of urea groups is 1. The number of aromatic nitrogens is 2. The zero-order chi connectivity index (χ0) is 31.2. The van der Waals surface area contributed by atoms with Crippen LogP contribution in [0.4, 0.5) is 18.0 Å². The van der Waals surface area contributed by atoms with Crippen LogP contribution in [0.15, 0.2) is 54.9 Å². The van der Waals surface area contributed by atoms with Crippen LogP contribution in [0.1, 0.15) is 23.1 Å².